The summed E-state index contributed by atoms with van der Waals surface area (Å²) in [7, 11) is 1.97. The maximum absolute atomic E-state index is 13.1. The van der Waals surface area contributed by atoms with Gasteiger partial charge in [-0.3, -0.25) is 4.79 Å². The van der Waals surface area contributed by atoms with Gasteiger partial charge in [0.25, 0.3) is 5.91 Å². The smallest absolute Gasteiger partial charge is 0.257 e. The first-order valence-electron chi connectivity index (χ1n) is 9.24. The van der Waals surface area contributed by atoms with Crippen molar-refractivity contribution in [3.63, 3.8) is 0 Å². The number of amides is 1. The molecule has 1 aliphatic carbocycles. The Bertz CT molecular complexity index is 517. The summed E-state index contributed by atoms with van der Waals surface area (Å²) in [5.41, 5.74) is 0.780. The average Bonchev–Trinajstić information content (AvgIpc) is 2.90. The molecule has 1 aliphatic heterocycles. The zero-order valence-corrected chi connectivity index (χ0v) is 14.3. The third kappa shape index (κ3) is 3.85. The van der Waals surface area contributed by atoms with Crippen molar-refractivity contribution in [1.29, 1.82) is 0 Å². The summed E-state index contributed by atoms with van der Waals surface area (Å²) in [4.78, 5) is 21.9. The zero-order valence-electron chi connectivity index (χ0n) is 14.3. The number of carbonyl (C=O) groups is 1. The van der Waals surface area contributed by atoms with Crippen LogP contribution in [0.1, 0.15) is 68.1 Å². The van der Waals surface area contributed by atoms with Crippen molar-refractivity contribution in [2.45, 2.75) is 63.8 Å². The Morgan fingerprint density at radius 2 is 1.74 bits per heavy atom. The maximum atomic E-state index is 13.1. The summed E-state index contributed by atoms with van der Waals surface area (Å²) in [6, 6.07) is 4.24. The molecule has 2 aliphatic rings. The van der Waals surface area contributed by atoms with Crippen molar-refractivity contribution >= 4 is 11.7 Å². The monoisotopic (exact) mass is 315 g/mol. The molecule has 4 heteroatoms. The number of carbonyl (C=O) groups excluding carboxylic acids is 1. The van der Waals surface area contributed by atoms with Crippen LogP contribution in [0.3, 0.4) is 0 Å². The molecule has 0 spiro atoms. The van der Waals surface area contributed by atoms with Gasteiger partial charge in [-0.1, -0.05) is 32.1 Å². The molecule has 0 atom stereocenters. The minimum Gasteiger partial charge on any atom is -0.356 e. The van der Waals surface area contributed by atoms with E-state index in [4.69, 9.17) is 0 Å². The van der Waals surface area contributed by atoms with Crippen LogP contribution in [0, 0.1) is 0 Å². The molecule has 2 heterocycles. The van der Waals surface area contributed by atoms with E-state index in [1.165, 1.54) is 44.9 Å². The molecular weight excluding hydrogens is 286 g/mol. The van der Waals surface area contributed by atoms with Crippen LogP contribution in [0.15, 0.2) is 18.3 Å². The quantitative estimate of drug-likeness (QED) is 0.849. The lowest BCUT2D eigenvalue weighted by atomic mass is 9.94. The van der Waals surface area contributed by atoms with Gasteiger partial charge < -0.3 is 9.80 Å². The number of rotatable bonds is 3. The molecule has 1 saturated carbocycles. The molecule has 0 unspecified atom stereocenters. The molecule has 0 bridgehead atoms. The number of hydrogen-bond donors (Lipinski definition) is 0. The van der Waals surface area contributed by atoms with E-state index < -0.39 is 0 Å². The van der Waals surface area contributed by atoms with Gasteiger partial charge in [-0.25, -0.2) is 4.98 Å². The fraction of sp³-hybridized carbons (Fsp3) is 0.684. The van der Waals surface area contributed by atoms with Gasteiger partial charge in [0.15, 0.2) is 0 Å². The fourth-order valence-electron chi connectivity index (χ4n) is 3.92. The van der Waals surface area contributed by atoms with E-state index in [9.17, 15) is 4.79 Å². The Kier molecular flexibility index (Phi) is 5.52. The van der Waals surface area contributed by atoms with Crippen LogP contribution in [0.4, 0.5) is 5.82 Å². The van der Waals surface area contributed by atoms with E-state index >= 15 is 0 Å². The number of pyridine rings is 1. The van der Waals surface area contributed by atoms with Gasteiger partial charge >= 0.3 is 0 Å². The van der Waals surface area contributed by atoms with Crippen LogP contribution in [-0.2, 0) is 0 Å². The van der Waals surface area contributed by atoms with Gasteiger partial charge in [0, 0.05) is 32.4 Å². The van der Waals surface area contributed by atoms with E-state index in [0.717, 1.165) is 37.3 Å². The molecule has 0 N–H and O–H groups in total. The molecule has 23 heavy (non-hydrogen) atoms. The minimum absolute atomic E-state index is 0.143. The lowest BCUT2D eigenvalue weighted by molar-refractivity contribution is 0.0696. The lowest BCUT2D eigenvalue weighted by Crippen LogP contribution is -2.39. The van der Waals surface area contributed by atoms with Crippen LogP contribution in [0.2, 0.25) is 0 Å². The van der Waals surface area contributed by atoms with Crippen LogP contribution in [-0.4, -0.2) is 42.0 Å². The topological polar surface area (TPSA) is 36.4 Å². The Balaban J connectivity index is 1.79. The lowest BCUT2D eigenvalue weighted by Gasteiger charge is -2.32. The molecule has 1 saturated heterocycles. The van der Waals surface area contributed by atoms with E-state index in [1.807, 2.05) is 30.3 Å². The first-order valence-corrected chi connectivity index (χ1v) is 9.24. The summed E-state index contributed by atoms with van der Waals surface area (Å²) in [6.45, 7) is 2.04. The molecule has 0 radical (unpaired) electrons. The van der Waals surface area contributed by atoms with Gasteiger partial charge in [0.1, 0.15) is 5.82 Å². The molecule has 1 aromatic rings. The second-order valence-corrected chi connectivity index (χ2v) is 6.98. The molecule has 4 nitrogen and oxygen atoms in total. The van der Waals surface area contributed by atoms with Gasteiger partial charge in [0.05, 0.1) is 5.56 Å². The predicted octanol–water partition coefficient (Wildman–Crippen LogP) is 3.87. The summed E-state index contributed by atoms with van der Waals surface area (Å²) >= 11 is 0. The number of nitrogens with zero attached hydrogens (tertiary/aromatic N) is 3. The number of aromatic nitrogens is 1. The van der Waals surface area contributed by atoms with Crippen molar-refractivity contribution in [3.05, 3.63) is 23.9 Å². The third-order valence-electron chi connectivity index (χ3n) is 5.37. The molecule has 1 amide bonds. The van der Waals surface area contributed by atoms with E-state index in [-0.39, 0.29) is 5.91 Å². The van der Waals surface area contributed by atoms with Crippen LogP contribution in [0.25, 0.3) is 0 Å². The second-order valence-electron chi connectivity index (χ2n) is 6.98. The highest BCUT2D eigenvalue weighted by Crippen LogP contribution is 2.26. The second kappa shape index (κ2) is 7.80. The summed E-state index contributed by atoms with van der Waals surface area (Å²) < 4.78 is 0. The first kappa shape index (κ1) is 16.3. The normalized spacial score (nSPS) is 20.1. The Morgan fingerprint density at radius 1 is 1.09 bits per heavy atom. The first-order chi connectivity index (χ1) is 11.3. The summed E-state index contributed by atoms with van der Waals surface area (Å²) in [5, 5.41) is 0. The Labute approximate surface area is 139 Å². The Hall–Kier alpha value is -1.58. The van der Waals surface area contributed by atoms with E-state index in [1.54, 1.807) is 0 Å². The molecule has 2 fully saturated rings. The third-order valence-corrected chi connectivity index (χ3v) is 5.37. The largest absolute Gasteiger partial charge is 0.356 e. The van der Waals surface area contributed by atoms with Gasteiger partial charge in [0.2, 0.25) is 0 Å². The van der Waals surface area contributed by atoms with Crippen molar-refractivity contribution in [1.82, 2.24) is 9.88 Å². The van der Waals surface area contributed by atoms with E-state index in [2.05, 4.69) is 9.88 Å². The molecule has 1 aromatic heterocycles. The van der Waals surface area contributed by atoms with E-state index in [0.29, 0.717) is 6.04 Å². The summed E-state index contributed by atoms with van der Waals surface area (Å²) in [6.07, 6.45) is 12.9. The standard InChI is InChI=1S/C19H29N3O/c1-21(16-10-5-4-6-11-16)19(23)17-12-9-13-20-18(17)22-14-7-2-3-8-15-22/h9,12-13,16H,2-8,10-11,14-15H2,1H3. The highest BCUT2D eigenvalue weighted by molar-refractivity contribution is 5.99. The molecular formula is C19H29N3O. The van der Waals surface area contributed by atoms with Crippen molar-refractivity contribution in [3.8, 4) is 0 Å². The predicted molar refractivity (Wildman–Crippen MR) is 93.9 cm³/mol. The van der Waals surface area contributed by atoms with Crippen molar-refractivity contribution in [2.24, 2.45) is 0 Å². The van der Waals surface area contributed by atoms with Crippen LogP contribution in [0.5, 0.6) is 0 Å². The molecule has 3 rings (SSSR count). The van der Waals surface area contributed by atoms with Gasteiger partial charge in [-0.15, -0.1) is 0 Å². The average molecular weight is 315 g/mol. The molecule has 126 valence electrons. The van der Waals surface area contributed by atoms with Crippen LogP contribution < -0.4 is 4.90 Å². The highest BCUT2D eigenvalue weighted by atomic mass is 16.2. The number of anilines is 1. The van der Waals surface area contributed by atoms with Gasteiger partial charge in [-0.05, 0) is 37.8 Å². The number of hydrogen-bond acceptors (Lipinski definition) is 3. The van der Waals surface area contributed by atoms with Crippen LogP contribution >= 0.6 is 0 Å². The van der Waals surface area contributed by atoms with Gasteiger partial charge in [-0.2, -0.15) is 0 Å². The van der Waals surface area contributed by atoms with Crippen molar-refractivity contribution in [2.75, 3.05) is 25.0 Å². The Morgan fingerprint density at radius 3 is 2.43 bits per heavy atom. The fourth-order valence-corrected chi connectivity index (χ4v) is 3.92. The minimum atomic E-state index is 0.143. The zero-order chi connectivity index (χ0) is 16.1. The van der Waals surface area contributed by atoms with Crippen molar-refractivity contribution < 1.29 is 4.79 Å². The molecule has 0 aromatic carbocycles. The maximum Gasteiger partial charge on any atom is 0.257 e. The highest BCUT2D eigenvalue weighted by Gasteiger charge is 2.26. The summed E-state index contributed by atoms with van der Waals surface area (Å²) in [5.74, 6) is 1.03. The SMILES string of the molecule is CN(C(=O)c1cccnc1N1CCCCCC1)C1CCCCC1.